The molecule has 3 nitrogen and oxygen atoms in total. The molecule has 0 bridgehead atoms. The molecule has 0 aliphatic heterocycles. The summed E-state index contributed by atoms with van der Waals surface area (Å²) < 4.78 is 10.3. The van der Waals surface area contributed by atoms with Gasteiger partial charge >= 0.3 is 5.97 Å². The van der Waals surface area contributed by atoms with Crippen LogP contribution in [0.25, 0.3) is 0 Å². The van der Waals surface area contributed by atoms with E-state index in [9.17, 15) is 4.79 Å². The highest BCUT2D eigenvalue weighted by Gasteiger charge is 2.10. The molecule has 0 aliphatic carbocycles. The largest absolute Gasteiger partial charge is 0.457 e. The number of carbonyl (C=O) groups excluding carboxylic acids is 1. The summed E-state index contributed by atoms with van der Waals surface area (Å²) in [7, 11) is 0. The fraction of sp³-hybridized carbons (Fsp3) is 0.417. The van der Waals surface area contributed by atoms with Crippen LogP contribution >= 0.6 is 0 Å². The first kappa shape index (κ1) is 11.7. The molecule has 1 aromatic rings. The van der Waals surface area contributed by atoms with Crippen molar-refractivity contribution < 1.29 is 14.3 Å². The summed E-state index contributed by atoms with van der Waals surface area (Å²) in [6.45, 7) is 4.80. The molecule has 0 aliphatic rings. The Kier molecular flexibility index (Phi) is 4.84. The van der Waals surface area contributed by atoms with Crippen molar-refractivity contribution in [1.29, 1.82) is 0 Å². The van der Waals surface area contributed by atoms with Crippen LogP contribution in [0.5, 0.6) is 0 Å². The fourth-order valence-corrected chi connectivity index (χ4v) is 1.14. The van der Waals surface area contributed by atoms with Crippen LogP contribution < -0.4 is 0 Å². The first-order valence-corrected chi connectivity index (χ1v) is 5.07. The molecule has 0 amide bonds. The zero-order valence-corrected chi connectivity index (χ0v) is 9.10. The molecule has 0 saturated heterocycles. The predicted molar refractivity (Wildman–Crippen MR) is 57.8 cm³/mol. The minimum absolute atomic E-state index is 0.211. The quantitative estimate of drug-likeness (QED) is 0.696. The van der Waals surface area contributed by atoms with Gasteiger partial charge in [-0.05, 0) is 26.0 Å². The standard InChI is InChI=1S/C12H16O3/c1-3-14-9-10(2)15-12(13)11-7-5-4-6-8-11/h4-8,10H,3,9H2,1-2H3. The van der Waals surface area contributed by atoms with Gasteiger partial charge in [-0.2, -0.15) is 0 Å². The average molecular weight is 208 g/mol. The lowest BCUT2D eigenvalue weighted by Crippen LogP contribution is -2.20. The van der Waals surface area contributed by atoms with Gasteiger partial charge in [0, 0.05) is 6.61 Å². The molecule has 1 atom stereocenters. The third kappa shape index (κ3) is 4.13. The lowest BCUT2D eigenvalue weighted by Gasteiger charge is -2.12. The number of rotatable bonds is 5. The summed E-state index contributed by atoms with van der Waals surface area (Å²) in [5, 5.41) is 0. The van der Waals surface area contributed by atoms with Gasteiger partial charge in [0.15, 0.2) is 0 Å². The van der Waals surface area contributed by atoms with Crippen molar-refractivity contribution in [2.75, 3.05) is 13.2 Å². The molecule has 0 spiro atoms. The molecule has 1 unspecified atom stereocenters. The molecular formula is C12H16O3. The monoisotopic (exact) mass is 208 g/mol. The summed E-state index contributed by atoms with van der Waals surface area (Å²) in [5.41, 5.74) is 0.570. The van der Waals surface area contributed by atoms with Crippen molar-refractivity contribution in [3.8, 4) is 0 Å². The van der Waals surface area contributed by atoms with E-state index >= 15 is 0 Å². The molecule has 0 radical (unpaired) electrons. The lowest BCUT2D eigenvalue weighted by atomic mass is 10.2. The van der Waals surface area contributed by atoms with E-state index in [4.69, 9.17) is 9.47 Å². The van der Waals surface area contributed by atoms with Crippen molar-refractivity contribution in [1.82, 2.24) is 0 Å². The van der Waals surface area contributed by atoms with Crippen molar-refractivity contribution in [3.63, 3.8) is 0 Å². The van der Waals surface area contributed by atoms with Crippen LogP contribution in [0, 0.1) is 0 Å². The summed E-state index contributed by atoms with van der Waals surface area (Å²) in [5.74, 6) is -0.303. The number of hydrogen-bond donors (Lipinski definition) is 0. The number of esters is 1. The zero-order valence-electron chi connectivity index (χ0n) is 9.10. The SMILES string of the molecule is CCOCC(C)OC(=O)c1ccccc1. The molecular weight excluding hydrogens is 192 g/mol. The Morgan fingerprint density at radius 2 is 2.00 bits per heavy atom. The van der Waals surface area contributed by atoms with Crippen LogP contribution in [0.2, 0.25) is 0 Å². The molecule has 0 fully saturated rings. The first-order chi connectivity index (χ1) is 7.24. The van der Waals surface area contributed by atoms with E-state index in [0.717, 1.165) is 0 Å². The second kappa shape index (κ2) is 6.19. The summed E-state index contributed by atoms with van der Waals surface area (Å²) in [4.78, 5) is 11.5. The Morgan fingerprint density at radius 3 is 2.60 bits per heavy atom. The van der Waals surface area contributed by atoms with E-state index in [1.807, 2.05) is 32.0 Å². The maximum Gasteiger partial charge on any atom is 0.338 e. The van der Waals surface area contributed by atoms with Gasteiger partial charge in [-0.25, -0.2) is 4.79 Å². The van der Waals surface area contributed by atoms with Gasteiger partial charge in [0.1, 0.15) is 6.10 Å². The lowest BCUT2D eigenvalue weighted by molar-refractivity contribution is 0.00440. The normalized spacial score (nSPS) is 12.1. The smallest absolute Gasteiger partial charge is 0.338 e. The van der Waals surface area contributed by atoms with Crippen molar-refractivity contribution in [3.05, 3.63) is 35.9 Å². The highest BCUT2D eigenvalue weighted by Crippen LogP contribution is 2.03. The highest BCUT2D eigenvalue weighted by atomic mass is 16.6. The molecule has 15 heavy (non-hydrogen) atoms. The minimum Gasteiger partial charge on any atom is -0.457 e. The van der Waals surface area contributed by atoms with Crippen LogP contribution in [-0.2, 0) is 9.47 Å². The number of benzene rings is 1. The van der Waals surface area contributed by atoms with Crippen molar-refractivity contribution in [2.45, 2.75) is 20.0 Å². The van der Waals surface area contributed by atoms with E-state index in [1.54, 1.807) is 12.1 Å². The maximum absolute atomic E-state index is 11.5. The van der Waals surface area contributed by atoms with Crippen molar-refractivity contribution >= 4 is 5.97 Å². The van der Waals surface area contributed by atoms with Gasteiger partial charge in [0.2, 0.25) is 0 Å². The third-order valence-corrected chi connectivity index (χ3v) is 1.87. The van der Waals surface area contributed by atoms with Gasteiger partial charge in [-0.15, -0.1) is 0 Å². The van der Waals surface area contributed by atoms with E-state index in [2.05, 4.69) is 0 Å². The second-order valence-electron chi connectivity index (χ2n) is 3.24. The Bertz CT molecular complexity index is 295. The van der Waals surface area contributed by atoms with Crippen LogP contribution in [0.1, 0.15) is 24.2 Å². The molecule has 0 aromatic heterocycles. The highest BCUT2D eigenvalue weighted by molar-refractivity contribution is 5.89. The zero-order chi connectivity index (χ0) is 11.1. The molecule has 1 rings (SSSR count). The summed E-state index contributed by atoms with van der Waals surface area (Å²) in [6.07, 6.45) is -0.211. The predicted octanol–water partition coefficient (Wildman–Crippen LogP) is 2.27. The maximum atomic E-state index is 11.5. The van der Waals surface area contributed by atoms with Crippen LogP contribution in [0.15, 0.2) is 30.3 Å². The molecule has 0 heterocycles. The van der Waals surface area contributed by atoms with Crippen molar-refractivity contribution in [2.24, 2.45) is 0 Å². The van der Waals surface area contributed by atoms with Crippen LogP contribution in [-0.4, -0.2) is 25.3 Å². The van der Waals surface area contributed by atoms with Gasteiger partial charge in [-0.1, -0.05) is 18.2 Å². The minimum atomic E-state index is -0.303. The Hall–Kier alpha value is -1.35. The number of carbonyl (C=O) groups is 1. The third-order valence-electron chi connectivity index (χ3n) is 1.87. The van der Waals surface area contributed by atoms with Crippen LogP contribution in [0.4, 0.5) is 0 Å². The van der Waals surface area contributed by atoms with E-state index in [0.29, 0.717) is 18.8 Å². The Labute approximate surface area is 90.0 Å². The van der Waals surface area contributed by atoms with E-state index in [1.165, 1.54) is 0 Å². The Balaban J connectivity index is 2.42. The topological polar surface area (TPSA) is 35.5 Å². The fourth-order valence-electron chi connectivity index (χ4n) is 1.14. The van der Waals surface area contributed by atoms with E-state index < -0.39 is 0 Å². The second-order valence-corrected chi connectivity index (χ2v) is 3.24. The average Bonchev–Trinajstić information content (AvgIpc) is 2.27. The molecule has 0 saturated carbocycles. The van der Waals surface area contributed by atoms with Gasteiger partial charge in [0.25, 0.3) is 0 Å². The van der Waals surface area contributed by atoms with Gasteiger partial charge in [0.05, 0.1) is 12.2 Å². The van der Waals surface area contributed by atoms with Gasteiger partial charge < -0.3 is 9.47 Å². The molecule has 3 heteroatoms. The summed E-state index contributed by atoms with van der Waals surface area (Å²) in [6, 6.07) is 8.94. The summed E-state index contributed by atoms with van der Waals surface area (Å²) >= 11 is 0. The number of hydrogen-bond acceptors (Lipinski definition) is 3. The van der Waals surface area contributed by atoms with Gasteiger partial charge in [-0.3, -0.25) is 0 Å². The van der Waals surface area contributed by atoms with Crippen LogP contribution in [0.3, 0.4) is 0 Å². The molecule has 1 aromatic carbocycles. The number of ether oxygens (including phenoxy) is 2. The Morgan fingerprint density at radius 1 is 1.33 bits per heavy atom. The van der Waals surface area contributed by atoms with E-state index in [-0.39, 0.29) is 12.1 Å². The molecule has 0 N–H and O–H groups in total. The first-order valence-electron chi connectivity index (χ1n) is 5.07. The molecule has 82 valence electrons.